The summed E-state index contributed by atoms with van der Waals surface area (Å²) in [6.45, 7) is 3.82. The van der Waals surface area contributed by atoms with Crippen LogP contribution in [0, 0.1) is 13.3 Å². The molecule has 0 bridgehead atoms. The predicted octanol–water partition coefficient (Wildman–Crippen LogP) is 4.01. The summed E-state index contributed by atoms with van der Waals surface area (Å²) in [6.07, 6.45) is 13.1. The minimum absolute atomic E-state index is 0.719. The van der Waals surface area contributed by atoms with Crippen molar-refractivity contribution in [1.29, 1.82) is 0 Å². The molecule has 0 amide bonds. The van der Waals surface area contributed by atoms with E-state index in [2.05, 4.69) is 6.92 Å². The molecule has 15 heavy (non-hydrogen) atoms. The standard InChI is InChI=1S/C13H24O2/c1-2-3-4-5-6-7-8-9-10-11-12-13(14)15/h12H,1-11H2,(H,14,15). The first kappa shape index (κ1) is 14.5. The largest absolute Gasteiger partial charge is 0.481 e. The molecule has 0 spiro atoms. The molecule has 88 valence electrons. The number of carbonyl (C=O) groups is 1. The summed E-state index contributed by atoms with van der Waals surface area (Å²) in [6, 6.07) is 0. The van der Waals surface area contributed by atoms with Crippen LogP contribution >= 0.6 is 0 Å². The van der Waals surface area contributed by atoms with Gasteiger partial charge in [0.2, 0.25) is 0 Å². The summed E-state index contributed by atoms with van der Waals surface area (Å²) in [5, 5.41) is 8.38. The zero-order valence-electron chi connectivity index (χ0n) is 9.71. The number of aliphatic carboxylic acids is 1. The first-order valence-electron chi connectivity index (χ1n) is 6.12. The summed E-state index contributed by atoms with van der Waals surface area (Å²) in [5.74, 6) is -0.789. The van der Waals surface area contributed by atoms with Crippen molar-refractivity contribution in [3.8, 4) is 0 Å². The quantitative estimate of drug-likeness (QED) is 0.525. The molecule has 0 unspecified atom stereocenters. The number of hydrogen-bond donors (Lipinski definition) is 1. The SMILES string of the molecule is [CH2]CCCCCCCCCC[CH]C(=O)O. The predicted molar refractivity (Wildman–Crippen MR) is 63.5 cm³/mol. The molecule has 0 aliphatic carbocycles. The fourth-order valence-electron chi connectivity index (χ4n) is 1.61. The van der Waals surface area contributed by atoms with Gasteiger partial charge in [0, 0.05) is 0 Å². The average Bonchev–Trinajstić information content (AvgIpc) is 2.20. The van der Waals surface area contributed by atoms with Crippen molar-refractivity contribution in [2.45, 2.75) is 64.2 Å². The van der Waals surface area contributed by atoms with Crippen LogP contribution in [0.4, 0.5) is 0 Å². The Morgan fingerprint density at radius 3 is 1.87 bits per heavy atom. The van der Waals surface area contributed by atoms with Gasteiger partial charge in [-0.1, -0.05) is 64.7 Å². The average molecular weight is 212 g/mol. The topological polar surface area (TPSA) is 37.3 Å². The second-order valence-electron chi connectivity index (χ2n) is 4.01. The van der Waals surface area contributed by atoms with Crippen molar-refractivity contribution in [2.75, 3.05) is 0 Å². The monoisotopic (exact) mass is 212 g/mol. The second-order valence-corrected chi connectivity index (χ2v) is 4.01. The van der Waals surface area contributed by atoms with E-state index in [1.165, 1.54) is 51.4 Å². The number of carboxylic acids is 1. The van der Waals surface area contributed by atoms with E-state index in [4.69, 9.17) is 5.11 Å². The van der Waals surface area contributed by atoms with Crippen molar-refractivity contribution in [1.82, 2.24) is 0 Å². The molecule has 0 aliphatic heterocycles. The van der Waals surface area contributed by atoms with Crippen LogP contribution in [0.3, 0.4) is 0 Å². The van der Waals surface area contributed by atoms with Crippen molar-refractivity contribution >= 4 is 5.97 Å². The first-order chi connectivity index (χ1) is 7.27. The summed E-state index contributed by atoms with van der Waals surface area (Å²) in [4.78, 5) is 10.2. The Bertz CT molecular complexity index is 143. The number of carboxylic acid groups (broad SMARTS) is 1. The highest BCUT2D eigenvalue weighted by atomic mass is 16.4. The van der Waals surface area contributed by atoms with Crippen LogP contribution in [-0.2, 0) is 4.79 Å². The second kappa shape index (κ2) is 11.5. The van der Waals surface area contributed by atoms with Gasteiger partial charge in [-0.2, -0.15) is 0 Å². The molecule has 2 nitrogen and oxygen atoms in total. The summed E-state index contributed by atoms with van der Waals surface area (Å²) >= 11 is 0. The van der Waals surface area contributed by atoms with Crippen molar-refractivity contribution in [2.24, 2.45) is 0 Å². The molecular formula is C13H24O2. The van der Waals surface area contributed by atoms with Gasteiger partial charge in [0.15, 0.2) is 0 Å². The maximum Gasteiger partial charge on any atom is 0.307 e. The Morgan fingerprint density at radius 1 is 0.933 bits per heavy atom. The summed E-state index contributed by atoms with van der Waals surface area (Å²) in [7, 11) is 0. The highest BCUT2D eigenvalue weighted by Gasteiger charge is 1.96. The molecule has 1 N–H and O–H groups in total. The number of unbranched alkanes of at least 4 members (excludes halogenated alkanes) is 9. The lowest BCUT2D eigenvalue weighted by Gasteiger charge is -2.00. The molecule has 0 saturated carbocycles. The van der Waals surface area contributed by atoms with Crippen LogP contribution < -0.4 is 0 Å². The third-order valence-corrected chi connectivity index (χ3v) is 2.52. The molecule has 0 rings (SSSR count). The van der Waals surface area contributed by atoms with E-state index in [1.54, 1.807) is 0 Å². The van der Waals surface area contributed by atoms with Crippen LogP contribution in [0.5, 0.6) is 0 Å². The van der Waals surface area contributed by atoms with E-state index in [0.29, 0.717) is 0 Å². The van der Waals surface area contributed by atoms with Gasteiger partial charge in [-0.25, -0.2) is 0 Å². The van der Waals surface area contributed by atoms with E-state index < -0.39 is 5.97 Å². The third kappa shape index (κ3) is 13.5. The molecule has 0 aromatic rings. The molecule has 2 heteroatoms. The molecule has 0 atom stereocenters. The van der Waals surface area contributed by atoms with Crippen LogP contribution in [0.15, 0.2) is 0 Å². The van der Waals surface area contributed by atoms with E-state index in [9.17, 15) is 4.79 Å². The lowest BCUT2D eigenvalue weighted by atomic mass is 10.1. The molecule has 0 aliphatic rings. The normalized spacial score (nSPS) is 10.5. The lowest BCUT2D eigenvalue weighted by molar-refractivity contribution is -0.133. The van der Waals surface area contributed by atoms with E-state index in [1.807, 2.05) is 0 Å². The highest BCUT2D eigenvalue weighted by Crippen LogP contribution is 2.10. The molecule has 0 aromatic heterocycles. The van der Waals surface area contributed by atoms with Gasteiger partial charge in [0.25, 0.3) is 0 Å². The zero-order chi connectivity index (χ0) is 11.4. The van der Waals surface area contributed by atoms with Gasteiger partial charge in [-0.05, 0) is 6.42 Å². The molecule has 0 aromatic carbocycles. The molecule has 2 radical (unpaired) electrons. The van der Waals surface area contributed by atoms with Crippen molar-refractivity contribution in [3.05, 3.63) is 13.3 Å². The van der Waals surface area contributed by atoms with Gasteiger partial charge >= 0.3 is 5.97 Å². The maximum absolute atomic E-state index is 10.2. The van der Waals surface area contributed by atoms with Crippen LogP contribution in [-0.4, -0.2) is 11.1 Å². The third-order valence-electron chi connectivity index (χ3n) is 2.52. The highest BCUT2D eigenvalue weighted by molar-refractivity contribution is 5.76. The smallest absolute Gasteiger partial charge is 0.307 e. The van der Waals surface area contributed by atoms with Gasteiger partial charge in [0.1, 0.15) is 0 Å². The molecule has 0 fully saturated rings. The minimum Gasteiger partial charge on any atom is -0.481 e. The summed E-state index contributed by atoms with van der Waals surface area (Å²) in [5.41, 5.74) is 0. The van der Waals surface area contributed by atoms with Crippen molar-refractivity contribution < 1.29 is 9.90 Å². The molecular weight excluding hydrogens is 188 g/mol. The lowest BCUT2D eigenvalue weighted by Crippen LogP contribution is -1.94. The Balaban J connectivity index is 2.89. The van der Waals surface area contributed by atoms with E-state index in [0.717, 1.165) is 19.3 Å². The van der Waals surface area contributed by atoms with Crippen LogP contribution in [0.1, 0.15) is 64.2 Å². The van der Waals surface area contributed by atoms with E-state index in [-0.39, 0.29) is 0 Å². The Kier molecular flexibility index (Phi) is 11.1. The van der Waals surface area contributed by atoms with Gasteiger partial charge < -0.3 is 5.11 Å². The minimum atomic E-state index is -0.789. The Hall–Kier alpha value is -0.530. The van der Waals surface area contributed by atoms with Crippen LogP contribution in [0.25, 0.3) is 0 Å². The van der Waals surface area contributed by atoms with Gasteiger partial charge in [-0.15, -0.1) is 0 Å². The van der Waals surface area contributed by atoms with Crippen molar-refractivity contribution in [3.63, 3.8) is 0 Å². The number of rotatable bonds is 11. The van der Waals surface area contributed by atoms with E-state index >= 15 is 0 Å². The Labute approximate surface area is 94.1 Å². The number of hydrogen-bond acceptors (Lipinski definition) is 1. The summed E-state index contributed by atoms with van der Waals surface area (Å²) < 4.78 is 0. The zero-order valence-corrected chi connectivity index (χ0v) is 9.71. The van der Waals surface area contributed by atoms with Gasteiger partial charge in [0.05, 0.1) is 6.42 Å². The maximum atomic E-state index is 10.2. The van der Waals surface area contributed by atoms with Crippen LogP contribution in [0.2, 0.25) is 0 Å². The Morgan fingerprint density at radius 2 is 1.40 bits per heavy atom. The fourth-order valence-corrected chi connectivity index (χ4v) is 1.61. The van der Waals surface area contributed by atoms with Gasteiger partial charge in [-0.3, -0.25) is 4.79 Å². The molecule has 0 saturated heterocycles. The first-order valence-corrected chi connectivity index (χ1v) is 6.12. The fraction of sp³-hybridized carbons (Fsp3) is 0.769. The molecule has 0 heterocycles.